The summed E-state index contributed by atoms with van der Waals surface area (Å²) >= 11 is 5.97. The minimum absolute atomic E-state index is 0.436. The molecule has 21 heavy (non-hydrogen) atoms. The van der Waals surface area contributed by atoms with Crippen molar-refractivity contribution < 1.29 is 4.74 Å². The van der Waals surface area contributed by atoms with Crippen LogP contribution in [0.1, 0.15) is 19.3 Å². The Bertz CT molecular complexity index is 582. The summed E-state index contributed by atoms with van der Waals surface area (Å²) in [6, 6.07) is 7.95. The summed E-state index contributed by atoms with van der Waals surface area (Å²) in [5.41, 5.74) is 0.906. The molecule has 1 aliphatic rings. The number of piperidine rings is 1. The fraction of sp³-hybridized carbons (Fsp3) is 0.375. The van der Waals surface area contributed by atoms with Crippen LogP contribution in [0.2, 0.25) is 5.02 Å². The Morgan fingerprint density at radius 3 is 2.81 bits per heavy atom. The summed E-state index contributed by atoms with van der Waals surface area (Å²) in [6.07, 6.45) is 7.12. The summed E-state index contributed by atoms with van der Waals surface area (Å²) in [6.45, 7) is 1.75. The van der Waals surface area contributed by atoms with Gasteiger partial charge in [-0.05, 0) is 31.5 Å². The maximum atomic E-state index is 5.97. The van der Waals surface area contributed by atoms with Crippen LogP contribution in [0.3, 0.4) is 0 Å². The number of halogens is 1. The van der Waals surface area contributed by atoms with Gasteiger partial charge in [0.05, 0.1) is 12.4 Å². The van der Waals surface area contributed by atoms with Crippen molar-refractivity contribution in [3.05, 3.63) is 41.7 Å². The zero-order valence-electron chi connectivity index (χ0n) is 11.8. The van der Waals surface area contributed by atoms with Crippen LogP contribution >= 0.6 is 11.6 Å². The van der Waals surface area contributed by atoms with E-state index in [1.807, 2.05) is 24.3 Å². The van der Waals surface area contributed by atoms with Crippen molar-refractivity contribution in [2.75, 3.05) is 13.2 Å². The summed E-state index contributed by atoms with van der Waals surface area (Å²) in [5, 5.41) is 4.13. The second-order valence-corrected chi connectivity index (χ2v) is 5.65. The Kier molecular flexibility index (Phi) is 4.68. The number of rotatable bonds is 4. The molecule has 110 valence electrons. The predicted octanol–water partition coefficient (Wildman–Crippen LogP) is 3.32. The van der Waals surface area contributed by atoms with Crippen molar-refractivity contribution >= 4 is 11.6 Å². The van der Waals surface area contributed by atoms with Crippen molar-refractivity contribution in [1.82, 2.24) is 15.3 Å². The lowest BCUT2D eigenvalue weighted by Gasteiger charge is -2.23. The third-order valence-corrected chi connectivity index (χ3v) is 3.81. The number of hydrogen-bond acceptors (Lipinski definition) is 4. The van der Waals surface area contributed by atoms with Crippen molar-refractivity contribution in [3.63, 3.8) is 0 Å². The number of benzene rings is 1. The van der Waals surface area contributed by atoms with Gasteiger partial charge in [-0.2, -0.15) is 0 Å². The maximum Gasteiger partial charge on any atom is 0.159 e. The number of ether oxygens (including phenoxy) is 1. The molecular formula is C16H18ClN3O. The highest BCUT2D eigenvalue weighted by Crippen LogP contribution is 2.20. The van der Waals surface area contributed by atoms with Crippen LogP contribution in [0, 0.1) is 0 Å². The second-order valence-electron chi connectivity index (χ2n) is 5.21. The van der Waals surface area contributed by atoms with E-state index in [9.17, 15) is 0 Å². The summed E-state index contributed by atoms with van der Waals surface area (Å²) < 4.78 is 5.75. The molecule has 3 rings (SSSR count). The van der Waals surface area contributed by atoms with Crippen LogP contribution < -0.4 is 10.1 Å². The van der Waals surface area contributed by atoms with Gasteiger partial charge in [0, 0.05) is 16.6 Å². The van der Waals surface area contributed by atoms with E-state index in [2.05, 4.69) is 15.3 Å². The van der Waals surface area contributed by atoms with E-state index in [4.69, 9.17) is 16.3 Å². The molecule has 0 radical (unpaired) electrons. The van der Waals surface area contributed by atoms with Crippen molar-refractivity contribution in [2.24, 2.45) is 0 Å². The minimum Gasteiger partial charge on any atom is -0.489 e. The third kappa shape index (κ3) is 3.93. The van der Waals surface area contributed by atoms with Gasteiger partial charge in [-0.25, -0.2) is 9.97 Å². The predicted molar refractivity (Wildman–Crippen MR) is 83.6 cm³/mol. The van der Waals surface area contributed by atoms with Crippen LogP contribution in [-0.2, 0) is 0 Å². The molecule has 1 saturated heterocycles. The Hall–Kier alpha value is -1.65. The van der Waals surface area contributed by atoms with Crippen molar-refractivity contribution in [3.8, 4) is 17.1 Å². The first kappa shape index (κ1) is 14.3. The fourth-order valence-electron chi connectivity index (χ4n) is 2.43. The molecule has 1 aromatic carbocycles. The highest BCUT2D eigenvalue weighted by Gasteiger charge is 2.13. The number of aromatic nitrogens is 2. The standard InChI is InChI=1S/C16H18ClN3O/c17-13-5-3-4-12(8-13)16-19-9-15(10-20-16)21-11-14-6-1-2-7-18-14/h3-5,8-10,14,18H,1-2,6-7,11H2. The lowest BCUT2D eigenvalue weighted by atomic mass is 10.1. The van der Waals surface area contributed by atoms with Gasteiger partial charge in [-0.15, -0.1) is 0 Å². The third-order valence-electron chi connectivity index (χ3n) is 3.57. The highest BCUT2D eigenvalue weighted by atomic mass is 35.5. The normalized spacial score (nSPS) is 18.4. The molecule has 2 aromatic rings. The molecule has 2 heterocycles. The quantitative estimate of drug-likeness (QED) is 0.941. The summed E-state index contributed by atoms with van der Waals surface area (Å²) in [4.78, 5) is 8.68. The number of nitrogens with one attached hydrogen (secondary N) is 1. The zero-order chi connectivity index (χ0) is 14.5. The Morgan fingerprint density at radius 2 is 2.10 bits per heavy atom. The van der Waals surface area contributed by atoms with E-state index in [0.29, 0.717) is 29.2 Å². The molecule has 1 aliphatic heterocycles. The SMILES string of the molecule is Clc1cccc(-c2ncc(OCC3CCCCN3)cn2)c1. The Morgan fingerprint density at radius 1 is 1.24 bits per heavy atom. The summed E-state index contributed by atoms with van der Waals surface area (Å²) in [5.74, 6) is 1.36. The molecule has 5 heteroatoms. The second kappa shape index (κ2) is 6.87. The summed E-state index contributed by atoms with van der Waals surface area (Å²) in [7, 11) is 0. The lowest BCUT2D eigenvalue weighted by Crippen LogP contribution is -2.38. The lowest BCUT2D eigenvalue weighted by molar-refractivity contribution is 0.237. The largest absolute Gasteiger partial charge is 0.489 e. The van der Waals surface area contributed by atoms with Gasteiger partial charge in [0.1, 0.15) is 6.61 Å². The molecule has 0 spiro atoms. The zero-order valence-corrected chi connectivity index (χ0v) is 12.5. The fourth-order valence-corrected chi connectivity index (χ4v) is 2.62. The van der Waals surface area contributed by atoms with E-state index in [-0.39, 0.29) is 0 Å². The molecule has 4 nitrogen and oxygen atoms in total. The number of hydrogen-bond donors (Lipinski definition) is 1. The van der Waals surface area contributed by atoms with E-state index < -0.39 is 0 Å². The van der Waals surface area contributed by atoms with E-state index in [1.54, 1.807) is 12.4 Å². The van der Waals surface area contributed by atoms with Gasteiger partial charge in [-0.3, -0.25) is 0 Å². The maximum absolute atomic E-state index is 5.97. The smallest absolute Gasteiger partial charge is 0.159 e. The van der Waals surface area contributed by atoms with Crippen LogP contribution in [0.5, 0.6) is 5.75 Å². The average molecular weight is 304 g/mol. The van der Waals surface area contributed by atoms with Crippen molar-refractivity contribution in [1.29, 1.82) is 0 Å². The van der Waals surface area contributed by atoms with Crippen LogP contribution in [0.15, 0.2) is 36.7 Å². The molecule has 0 amide bonds. The molecular weight excluding hydrogens is 286 g/mol. The van der Waals surface area contributed by atoms with Crippen molar-refractivity contribution in [2.45, 2.75) is 25.3 Å². The molecule has 1 atom stereocenters. The molecule has 1 unspecified atom stereocenters. The van der Waals surface area contributed by atoms with Gasteiger partial charge < -0.3 is 10.1 Å². The van der Waals surface area contributed by atoms with Gasteiger partial charge in [0.25, 0.3) is 0 Å². The average Bonchev–Trinajstić information content (AvgIpc) is 2.54. The Balaban J connectivity index is 1.61. The first-order chi connectivity index (χ1) is 10.3. The van der Waals surface area contributed by atoms with Gasteiger partial charge >= 0.3 is 0 Å². The van der Waals surface area contributed by atoms with E-state index in [1.165, 1.54) is 19.3 Å². The van der Waals surface area contributed by atoms with Gasteiger partial charge in [0.15, 0.2) is 11.6 Å². The highest BCUT2D eigenvalue weighted by molar-refractivity contribution is 6.30. The van der Waals surface area contributed by atoms with Crippen LogP contribution in [0.4, 0.5) is 0 Å². The first-order valence-electron chi connectivity index (χ1n) is 7.25. The molecule has 0 aliphatic carbocycles. The van der Waals surface area contributed by atoms with Gasteiger partial charge in [0.2, 0.25) is 0 Å². The Labute approximate surface area is 129 Å². The van der Waals surface area contributed by atoms with Gasteiger partial charge in [-0.1, -0.05) is 30.2 Å². The first-order valence-corrected chi connectivity index (χ1v) is 7.63. The van der Waals surface area contributed by atoms with E-state index in [0.717, 1.165) is 12.1 Å². The molecule has 1 aromatic heterocycles. The molecule has 0 bridgehead atoms. The number of nitrogens with zero attached hydrogens (tertiary/aromatic N) is 2. The molecule has 1 fully saturated rings. The topological polar surface area (TPSA) is 47.0 Å². The minimum atomic E-state index is 0.436. The molecule has 0 saturated carbocycles. The van der Waals surface area contributed by atoms with Crippen LogP contribution in [-0.4, -0.2) is 29.2 Å². The monoisotopic (exact) mass is 303 g/mol. The molecule has 1 N–H and O–H groups in total. The van der Waals surface area contributed by atoms with Crippen LogP contribution in [0.25, 0.3) is 11.4 Å². The van der Waals surface area contributed by atoms with E-state index >= 15 is 0 Å².